The highest BCUT2D eigenvalue weighted by Gasteiger charge is 2.27. The van der Waals surface area contributed by atoms with E-state index in [0.717, 1.165) is 69.6 Å². The van der Waals surface area contributed by atoms with Gasteiger partial charge in [0.2, 0.25) is 5.95 Å². The van der Waals surface area contributed by atoms with E-state index in [1.54, 1.807) is 13.3 Å². The molecule has 234 valence electrons. The van der Waals surface area contributed by atoms with Gasteiger partial charge in [0.05, 0.1) is 18.4 Å². The Morgan fingerprint density at radius 3 is 2.44 bits per heavy atom. The van der Waals surface area contributed by atoms with E-state index in [-0.39, 0.29) is 5.56 Å². The Hall–Kier alpha value is -4.74. The van der Waals surface area contributed by atoms with Crippen LogP contribution in [0.4, 0.5) is 33.2 Å². The van der Waals surface area contributed by atoms with E-state index in [9.17, 15) is 14.3 Å². The van der Waals surface area contributed by atoms with Gasteiger partial charge in [0.1, 0.15) is 11.6 Å². The van der Waals surface area contributed by atoms with Crippen molar-refractivity contribution in [1.29, 1.82) is 0 Å². The van der Waals surface area contributed by atoms with Crippen LogP contribution in [0.15, 0.2) is 66.9 Å². The number of rotatable bonds is 9. The van der Waals surface area contributed by atoms with Gasteiger partial charge < -0.3 is 30.3 Å². The van der Waals surface area contributed by atoms with Crippen molar-refractivity contribution in [3.63, 3.8) is 0 Å². The van der Waals surface area contributed by atoms with Crippen molar-refractivity contribution in [2.75, 3.05) is 69.0 Å². The first-order valence-electron chi connectivity index (χ1n) is 15.2. The molecule has 2 saturated heterocycles. The molecule has 0 amide bonds. The number of para-hydroxylation sites is 1. The van der Waals surface area contributed by atoms with Gasteiger partial charge in [0.15, 0.2) is 17.9 Å². The largest absolute Gasteiger partial charge is 0.504 e. The van der Waals surface area contributed by atoms with Crippen LogP contribution >= 0.6 is 0 Å². The standard InChI is InChI=1S/C34H38FN7O3/c1-40-14-16-42(17-15-40)26-10-12-41(13-11-26)27-8-9-30(31(20-27)45-2)38-34-36-21-28(23-18-24(22-43)32(44)29(35)19-23)33(39-34)37-25-6-4-3-5-7-25/h3-9,18-22,26,44H,10-17H2,1-2H3,(H2,36,37,38,39). The quantitative estimate of drug-likeness (QED) is 0.210. The molecule has 11 heteroatoms. The fourth-order valence-corrected chi connectivity index (χ4v) is 6.05. The number of likely N-dealkylation sites (N-methyl/N-ethyl adjacent to an activating group) is 1. The Bertz CT molecular complexity index is 1640. The van der Waals surface area contributed by atoms with Crippen LogP contribution in [0.3, 0.4) is 0 Å². The number of aromatic hydroxyl groups is 1. The van der Waals surface area contributed by atoms with Crippen molar-refractivity contribution in [1.82, 2.24) is 19.8 Å². The fourth-order valence-electron chi connectivity index (χ4n) is 6.05. The molecule has 0 unspecified atom stereocenters. The Morgan fingerprint density at radius 2 is 1.73 bits per heavy atom. The molecule has 6 rings (SSSR count). The number of phenolic OH excluding ortho intramolecular Hbond substituents is 1. The Kier molecular flexibility index (Phi) is 9.08. The summed E-state index contributed by atoms with van der Waals surface area (Å²) in [6.07, 6.45) is 4.24. The fraction of sp³-hybridized carbons (Fsp3) is 0.324. The average Bonchev–Trinajstić information content (AvgIpc) is 3.07. The van der Waals surface area contributed by atoms with Crippen LogP contribution in [0.25, 0.3) is 11.1 Å². The highest BCUT2D eigenvalue weighted by Crippen LogP contribution is 2.36. The van der Waals surface area contributed by atoms with Crippen molar-refractivity contribution in [2.45, 2.75) is 18.9 Å². The number of ether oxygens (including phenoxy) is 1. The molecule has 2 aliphatic rings. The van der Waals surface area contributed by atoms with Gasteiger partial charge in [-0.15, -0.1) is 0 Å². The number of piperidine rings is 1. The molecule has 0 radical (unpaired) electrons. The molecule has 3 aromatic carbocycles. The summed E-state index contributed by atoms with van der Waals surface area (Å²) in [5.41, 5.74) is 3.20. The number of benzene rings is 3. The first-order valence-corrected chi connectivity index (χ1v) is 15.2. The summed E-state index contributed by atoms with van der Waals surface area (Å²) in [6.45, 7) is 6.56. The minimum atomic E-state index is -0.907. The number of hydrogen-bond donors (Lipinski definition) is 3. The number of nitrogens with zero attached hydrogens (tertiary/aromatic N) is 5. The van der Waals surface area contributed by atoms with Gasteiger partial charge in [-0.05, 0) is 61.9 Å². The second kappa shape index (κ2) is 13.5. The SMILES string of the molecule is COc1cc(N2CCC(N3CCN(C)CC3)CC2)ccc1Nc1ncc(-c2cc(F)c(O)c(C=O)c2)c(Nc2ccccc2)n1. The molecule has 45 heavy (non-hydrogen) atoms. The Balaban J connectivity index is 1.22. The van der Waals surface area contributed by atoms with E-state index in [1.807, 2.05) is 42.5 Å². The van der Waals surface area contributed by atoms with Crippen LogP contribution in [0.2, 0.25) is 0 Å². The highest BCUT2D eigenvalue weighted by atomic mass is 19.1. The van der Waals surface area contributed by atoms with Gasteiger partial charge >= 0.3 is 0 Å². The van der Waals surface area contributed by atoms with E-state index in [0.29, 0.717) is 46.7 Å². The van der Waals surface area contributed by atoms with E-state index < -0.39 is 11.6 Å². The van der Waals surface area contributed by atoms with Crippen molar-refractivity contribution in [3.05, 3.63) is 78.2 Å². The summed E-state index contributed by atoms with van der Waals surface area (Å²) < 4.78 is 20.3. The van der Waals surface area contributed by atoms with Crippen molar-refractivity contribution < 1.29 is 19.0 Å². The number of piperazine rings is 1. The first-order chi connectivity index (χ1) is 21.9. The Labute approximate surface area is 262 Å². The summed E-state index contributed by atoms with van der Waals surface area (Å²) in [7, 11) is 3.83. The molecule has 4 aromatic rings. The van der Waals surface area contributed by atoms with Crippen LogP contribution < -0.4 is 20.3 Å². The summed E-state index contributed by atoms with van der Waals surface area (Å²) in [5, 5.41) is 16.5. The van der Waals surface area contributed by atoms with Gasteiger partial charge in [-0.3, -0.25) is 9.69 Å². The first kappa shape index (κ1) is 30.3. The molecule has 0 bridgehead atoms. The zero-order chi connectivity index (χ0) is 31.3. The van der Waals surface area contributed by atoms with Crippen molar-refractivity contribution in [2.24, 2.45) is 0 Å². The lowest BCUT2D eigenvalue weighted by Crippen LogP contribution is -2.52. The molecule has 0 aliphatic carbocycles. The van der Waals surface area contributed by atoms with Gasteiger partial charge in [-0.1, -0.05) is 18.2 Å². The molecule has 0 spiro atoms. The van der Waals surface area contributed by atoms with Crippen LogP contribution in [0.1, 0.15) is 23.2 Å². The minimum absolute atomic E-state index is 0.161. The molecule has 3 heterocycles. The predicted molar refractivity (Wildman–Crippen MR) is 175 cm³/mol. The van der Waals surface area contributed by atoms with E-state index in [4.69, 9.17) is 9.72 Å². The Morgan fingerprint density at radius 1 is 0.978 bits per heavy atom. The third kappa shape index (κ3) is 6.84. The van der Waals surface area contributed by atoms with E-state index >= 15 is 0 Å². The molecular weight excluding hydrogens is 573 g/mol. The van der Waals surface area contributed by atoms with E-state index in [2.05, 4.69) is 43.4 Å². The van der Waals surface area contributed by atoms with Gasteiger partial charge in [0, 0.05) is 74.5 Å². The number of carbonyl (C=O) groups is 1. The van der Waals surface area contributed by atoms with Gasteiger partial charge in [0.25, 0.3) is 0 Å². The molecule has 0 atom stereocenters. The molecule has 2 fully saturated rings. The average molecular weight is 612 g/mol. The predicted octanol–water partition coefficient (Wildman–Crippen LogP) is 5.51. The lowest BCUT2D eigenvalue weighted by molar-refractivity contribution is 0.0982. The number of aromatic nitrogens is 2. The maximum absolute atomic E-state index is 14.5. The number of carbonyl (C=O) groups excluding carboxylic acids is 1. The zero-order valence-corrected chi connectivity index (χ0v) is 25.5. The third-order valence-corrected chi connectivity index (χ3v) is 8.67. The molecule has 10 nitrogen and oxygen atoms in total. The molecule has 2 aliphatic heterocycles. The molecule has 1 aromatic heterocycles. The number of phenols is 1. The van der Waals surface area contributed by atoms with Crippen LogP contribution in [-0.4, -0.2) is 90.6 Å². The highest BCUT2D eigenvalue weighted by molar-refractivity contribution is 5.86. The van der Waals surface area contributed by atoms with Crippen LogP contribution in [0, 0.1) is 5.82 Å². The topological polar surface area (TPSA) is 106 Å². The van der Waals surface area contributed by atoms with Crippen molar-refractivity contribution >= 4 is 35.1 Å². The maximum Gasteiger partial charge on any atom is 0.229 e. The van der Waals surface area contributed by atoms with Crippen molar-refractivity contribution in [3.8, 4) is 22.6 Å². The summed E-state index contributed by atoms with van der Waals surface area (Å²) in [6, 6.07) is 18.7. The van der Waals surface area contributed by atoms with Crippen LogP contribution in [-0.2, 0) is 0 Å². The monoisotopic (exact) mass is 611 g/mol. The van der Waals surface area contributed by atoms with E-state index in [1.165, 1.54) is 6.07 Å². The summed E-state index contributed by atoms with van der Waals surface area (Å²) in [5.74, 6) is -0.253. The maximum atomic E-state index is 14.5. The van der Waals surface area contributed by atoms with Gasteiger partial charge in [-0.25, -0.2) is 9.37 Å². The number of aldehydes is 1. The normalized spacial score (nSPS) is 16.4. The lowest BCUT2D eigenvalue weighted by atomic mass is 10.0. The number of anilines is 5. The van der Waals surface area contributed by atoms with Crippen LogP contribution in [0.5, 0.6) is 11.5 Å². The zero-order valence-electron chi connectivity index (χ0n) is 25.5. The smallest absolute Gasteiger partial charge is 0.229 e. The minimum Gasteiger partial charge on any atom is -0.504 e. The lowest BCUT2D eigenvalue weighted by Gasteiger charge is -2.42. The second-order valence-corrected chi connectivity index (χ2v) is 11.5. The van der Waals surface area contributed by atoms with Gasteiger partial charge in [-0.2, -0.15) is 4.98 Å². The third-order valence-electron chi connectivity index (χ3n) is 8.67. The number of halogens is 1. The summed E-state index contributed by atoms with van der Waals surface area (Å²) >= 11 is 0. The molecular formula is C34H38FN7O3. The number of nitrogens with one attached hydrogen (secondary N) is 2. The summed E-state index contributed by atoms with van der Waals surface area (Å²) in [4.78, 5) is 28.1. The molecule has 0 saturated carbocycles. The number of methoxy groups -OCH3 is 1. The number of hydrogen-bond acceptors (Lipinski definition) is 10. The molecule has 3 N–H and O–H groups in total. The second-order valence-electron chi connectivity index (χ2n) is 11.5.